The minimum Gasteiger partial charge on any atom is -0.385 e. The Morgan fingerprint density at radius 2 is 2.04 bits per heavy atom. The molecule has 0 aliphatic heterocycles. The van der Waals surface area contributed by atoms with E-state index in [4.69, 9.17) is 16.3 Å². The van der Waals surface area contributed by atoms with E-state index < -0.39 is 23.3 Å². The number of carbonyl (C=O) groups is 1. The number of rotatable bonds is 7. The number of amides is 1. The van der Waals surface area contributed by atoms with E-state index >= 15 is 0 Å². The van der Waals surface area contributed by atoms with Gasteiger partial charge in [0.25, 0.3) is 5.91 Å². The zero-order valence-electron chi connectivity index (χ0n) is 13.7. The van der Waals surface area contributed by atoms with Crippen LogP contribution < -0.4 is 10.6 Å². The van der Waals surface area contributed by atoms with Crippen LogP contribution in [-0.4, -0.2) is 36.1 Å². The Morgan fingerprint density at radius 1 is 1.27 bits per heavy atom. The molecule has 6 nitrogen and oxygen atoms in total. The van der Waals surface area contributed by atoms with E-state index in [1.807, 2.05) is 0 Å². The third-order valence-corrected chi connectivity index (χ3v) is 3.50. The number of ether oxygens (including phenoxy) is 1. The van der Waals surface area contributed by atoms with Crippen LogP contribution in [0.1, 0.15) is 22.5 Å². The maximum atomic E-state index is 13.1. The van der Waals surface area contributed by atoms with Crippen molar-refractivity contribution in [3.63, 3.8) is 0 Å². The summed E-state index contributed by atoms with van der Waals surface area (Å²) >= 11 is 5.62. The van der Waals surface area contributed by atoms with Gasteiger partial charge in [0.2, 0.25) is 0 Å². The average Bonchev–Trinajstić information content (AvgIpc) is 2.59. The van der Waals surface area contributed by atoms with Gasteiger partial charge in [-0.1, -0.05) is 11.6 Å². The quantitative estimate of drug-likeness (QED) is 0.704. The Kier molecular flexibility index (Phi) is 6.76. The molecule has 0 spiro atoms. The lowest BCUT2D eigenvalue weighted by Gasteiger charge is -2.14. The average molecular weight is 389 g/mol. The first-order valence-corrected chi connectivity index (χ1v) is 7.92. The SMILES string of the molecule is COCCCNc1cc(C(=O)Nc2ccc(Cl)cc2C(F)(F)F)ncn1. The molecule has 2 aromatic rings. The van der Waals surface area contributed by atoms with Crippen LogP contribution in [0.15, 0.2) is 30.6 Å². The molecule has 0 unspecified atom stereocenters. The fraction of sp³-hybridized carbons (Fsp3) is 0.312. The molecule has 1 heterocycles. The number of hydrogen-bond donors (Lipinski definition) is 2. The topological polar surface area (TPSA) is 76.1 Å². The Labute approximate surface area is 152 Å². The summed E-state index contributed by atoms with van der Waals surface area (Å²) in [4.78, 5) is 20.0. The van der Waals surface area contributed by atoms with Crippen LogP contribution in [0.5, 0.6) is 0 Å². The highest BCUT2D eigenvalue weighted by Crippen LogP contribution is 2.36. The number of aromatic nitrogens is 2. The molecule has 2 rings (SSSR count). The number of hydrogen-bond acceptors (Lipinski definition) is 5. The first-order valence-electron chi connectivity index (χ1n) is 7.54. The highest BCUT2D eigenvalue weighted by molar-refractivity contribution is 6.30. The van der Waals surface area contributed by atoms with E-state index in [1.165, 1.54) is 12.1 Å². The molecule has 140 valence electrons. The van der Waals surface area contributed by atoms with Gasteiger partial charge < -0.3 is 15.4 Å². The Balaban J connectivity index is 2.13. The van der Waals surface area contributed by atoms with Crippen LogP contribution in [-0.2, 0) is 10.9 Å². The zero-order chi connectivity index (χ0) is 19.2. The van der Waals surface area contributed by atoms with Gasteiger partial charge >= 0.3 is 6.18 Å². The summed E-state index contributed by atoms with van der Waals surface area (Å²) in [5.74, 6) is -0.409. The van der Waals surface area contributed by atoms with E-state index in [2.05, 4.69) is 20.6 Å². The Morgan fingerprint density at radius 3 is 2.73 bits per heavy atom. The highest BCUT2D eigenvalue weighted by Gasteiger charge is 2.34. The molecule has 10 heteroatoms. The van der Waals surface area contributed by atoms with Gasteiger partial charge in [-0.25, -0.2) is 9.97 Å². The molecule has 1 aromatic heterocycles. The van der Waals surface area contributed by atoms with Crippen LogP contribution >= 0.6 is 11.6 Å². The largest absolute Gasteiger partial charge is 0.418 e. The number of methoxy groups -OCH3 is 1. The minimum absolute atomic E-state index is 0.0719. The lowest BCUT2D eigenvalue weighted by molar-refractivity contribution is -0.136. The van der Waals surface area contributed by atoms with Crippen molar-refractivity contribution in [1.82, 2.24) is 9.97 Å². The van der Waals surface area contributed by atoms with Crippen molar-refractivity contribution < 1.29 is 22.7 Å². The summed E-state index contributed by atoms with van der Waals surface area (Å²) in [5.41, 5.74) is -1.51. The molecule has 0 atom stereocenters. The number of halogens is 4. The van der Waals surface area contributed by atoms with Crippen LogP contribution in [0.4, 0.5) is 24.7 Å². The normalized spacial score (nSPS) is 11.3. The number of nitrogens with one attached hydrogen (secondary N) is 2. The molecule has 26 heavy (non-hydrogen) atoms. The number of nitrogens with zero attached hydrogens (tertiary/aromatic N) is 2. The molecule has 0 bridgehead atoms. The molecule has 2 N–H and O–H groups in total. The standard InChI is InChI=1S/C16H16ClF3N4O2/c1-26-6-2-5-21-14-8-13(22-9-23-14)15(25)24-12-4-3-10(17)7-11(12)16(18,19)20/h3-4,7-9H,2,5-6H2,1H3,(H,24,25)(H,21,22,23). The lowest BCUT2D eigenvalue weighted by atomic mass is 10.1. The minimum atomic E-state index is -4.66. The molecule has 0 saturated heterocycles. The van der Waals surface area contributed by atoms with Crippen molar-refractivity contribution in [2.45, 2.75) is 12.6 Å². The monoisotopic (exact) mass is 388 g/mol. The fourth-order valence-electron chi connectivity index (χ4n) is 2.06. The molecule has 0 saturated carbocycles. The summed E-state index contributed by atoms with van der Waals surface area (Å²) in [6.07, 6.45) is -2.78. The van der Waals surface area contributed by atoms with E-state index in [-0.39, 0.29) is 10.7 Å². The molecular weight excluding hydrogens is 373 g/mol. The van der Waals surface area contributed by atoms with Gasteiger partial charge in [0.15, 0.2) is 0 Å². The summed E-state index contributed by atoms with van der Waals surface area (Å²) in [5, 5.41) is 5.10. The number of alkyl halides is 3. The van der Waals surface area contributed by atoms with Crippen LogP contribution in [0, 0.1) is 0 Å². The summed E-state index contributed by atoms with van der Waals surface area (Å²) < 4.78 is 44.2. The second-order valence-electron chi connectivity index (χ2n) is 5.20. The van der Waals surface area contributed by atoms with Crippen LogP contribution in [0.2, 0.25) is 5.02 Å². The van der Waals surface area contributed by atoms with E-state index in [0.29, 0.717) is 19.0 Å². The third kappa shape index (κ3) is 5.57. The summed E-state index contributed by atoms with van der Waals surface area (Å²) in [6, 6.07) is 4.45. The third-order valence-electron chi connectivity index (χ3n) is 3.27. The van der Waals surface area contributed by atoms with Crippen molar-refractivity contribution in [3.05, 3.63) is 46.9 Å². The van der Waals surface area contributed by atoms with Crippen molar-refractivity contribution in [1.29, 1.82) is 0 Å². The molecule has 1 aromatic carbocycles. The van der Waals surface area contributed by atoms with Gasteiger partial charge in [-0.3, -0.25) is 4.79 Å². The predicted octanol–water partition coefficient (Wildman–Crippen LogP) is 3.85. The highest BCUT2D eigenvalue weighted by atomic mass is 35.5. The Bertz CT molecular complexity index is 771. The van der Waals surface area contributed by atoms with Gasteiger partial charge in [-0.15, -0.1) is 0 Å². The predicted molar refractivity (Wildman–Crippen MR) is 91.4 cm³/mol. The molecule has 0 aliphatic rings. The van der Waals surface area contributed by atoms with Crippen molar-refractivity contribution in [3.8, 4) is 0 Å². The maximum Gasteiger partial charge on any atom is 0.418 e. The summed E-state index contributed by atoms with van der Waals surface area (Å²) in [6.45, 7) is 1.11. The van der Waals surface area contributed by atoms with Gasteiger partial charge in [-0.05, 0) is 24.6 Å². The Hall–Kier alpha value is -2.39. The van der Waals surface area contributed by atoms with Gasteiger partial charge in [0.05, 0.1) is 11.3 Å². The molecule has 1 amide bonds. The molecule has 0 radical (unpaired) electrons. The number of benzene rings is 1. The number of anilines is 2. The molecule has 0 aliphatic carbocycles. The second-order valence-corrected chi connectivity index (χ2v) is 5.64. The van der Waals surface area contributed by atoms with Crippen molar-refractivity contribution in [2.24, 2.45) is 0 Å². The van der Waals surface area contributed by atoms with E-state index in [0.717, 1.165) is 24.9 Å². The maximum absolute atomic E-state index is 13.1. The fourth-order valence-corrected chi connectivity index (χ4v) is 2.23. The molecular formula is C16H16ClF3N4O2. The van der Waals surface area contributed by atoms with Crippen LogP contribution in [0.3, 0.4) is 0 Å². The lowest BCUT2D eigenvalue weighted by Crippen LogP contribution is -2.18. The first-order chi connectivity index (χ1) is 12.3. The molecule has 0 fully saturated rings. The van der Waals surface area contributed by atoms with Gasteiger partial charge in [0, 0.05) is 31.4 Å². The van der Waals surface area contributed by atoms with Crippen molar-refractivity contribution >= 4 is 29.0 Å². The first kappa shape index (κ1) is 19.9. The van der Waals surface area contributed by atoms with Gasteiger partial charge in [0.1, 0.15) is 17.8 Å². The van der Waals surface area contributed by atoms with Crippen molar-refractivity contribution in [2.75, 3.05) is 30.9 Å². The van der Waals surface area contributed by atoms with E-state index in [1.54, 1.807) is 7.11 Å². The smallest absolute Gasteiger partial charge is 0.385 e. The van der Waals surface area contributed by atoms with E-state index in [9.17, 15) is 18.0 Å². The summed E-state index contributed by atoms with van der Waals surface area (Å²) in [7, 11) is 1.58. The number of carbonyl (C=O) groups excluding carboxylic acids is 1. The van der Waals surface area contributed by atoms with Gasteiger partial charge in [-0.2, -0.15) is 13.2 Å². The second kappa shape index (κ2) is 8.81. The van der Waals surface area contributed by atoms with Crippen LogP contribution in [0.25, 0.3) is 0 Å². The zero-order valence-corrected chi connectivity index (χ0v) is 14.5.